The summed E-state index contributed by atoms with van der Waals surface area (Å²) in [5.74, 6) is -2.04. The number of Topliss-reactive ketones (excluding diaryl/α,β-unsaturated/α-hetero) is 1. The number of ketones is 1. The van der Waals surface area contributed by atoms with Crippen LogP contribution in [-0.2, 0) is 16.0 Å². The summed E-state index contributed by atoms with van der Waals surface area (Å²) >= 11 is 5.76. The number of methoxy groups -OCH3 is 2. The van der Waals surface area contributed by atoms with E-state index in [4.69, 9.17) is 11.6 Å². The van der Waals surface area contributed by atoms with Gasteiger partial charge in [-0.1, -0.05) is 16.8 Å². The van der Waals surface area contributed by atoms with Crippen molar-refractivity contribution in [3.05, 3.63) is 46.2 Å². The molecule has 0 aliphatic heterocycles. The van der Waals surface area contributed by atoms with Crippen LogP contribution in [0.1, 0.15) is 31.3 Å². The van der Waals surface area contributed by atoms with E-state index in [-0.39, 0.29) is 23.7 Å². The maximum absolute atomic E-state index is 12.2. The van der Waals surface area contributed by atoms with Gasteiger partial charge in [0.25, 0.3) is 0 Å². The quantitative estimate of drug-likeness (QED) is 0.600. The SMILES string of the molecule is COC(=O)c1nnn(CC(=O)c2ccc(Cl)cc2)c1C(=O)OC. The Morgan fingerprint density at radius 3 is 2.26 bits per heavy atom. The molecule has 0 atom stereocenters. The van der Waals surface area contributed by atoms with Crippen molar-refractivity contribution in [2.24, 2.45) is 0 Å². The highest BCUT2D eigenvalue weighted by Gasteiger charge is 2.27. The van der Waals surface area contributed by atoms with E-state index in [1.54, 1.807) is 24.3 Å². The third kappa shape index (κ3) is 3.54. The van der Waals surface area contributed by atoms with Crippen LogP contribution in [0.5, 0.6) is 0 Å². The van der Waals surface area contributed by atoms with Crippen molar-refractivity contribution in [3.8, 4) is 0 Å². The van der Waals surface area contributed by atoms with Crippen molar-refractivity contribution in [1.82, 2.24) is 15.0 Å². The minimum absolute atomic E-state index is 0.248. The van der Waals surface area contributed by atoms with Gasteiger partial charge in [-0.3, -0.25) is 4.79 Å². The molecule has 9 heteroatoms. The molecule has 0 amide bonds. The molecule has 0 unspecified atom stereocenters. The Labute approximate surface area is 135 Å². The fourth-order valence-corrected chi connectivity index (χ4v) is 1.95. The summed E-state index contributed by atoms with van der Waals surface area (Å²) in [5.41, 5.74) is -0.190. The molecule has 1 aromatic carbocycles. The van der Waals surface area contributed by atoms with Gasteiger partial charge in [0.1, 0.15) is 6.54 Å². The Hall–Kier alpha value is -2.74. The minimum Gasteiger partial charge on any atom is -0.464 e. The molecule has 0 aliphatic carbocycles. The van der Waals surface area contributed by atoms with E-state index in [1.165, 1.54) is 0 Å². The first kappa shape index (κ1) is 16.6. The Morgan fingerprint density at radius 1 is 1.09 bits per heavy atom. The first-order valence-electron chi connectivity index (χ1n) is 6.36. The van der Waals surface area contributed by atoms with Gasteiger partial charge in [-0.25, -0.2) is 14.3 Å². The van der Waals surface area contributed by atoms with Crippen LogP contribution in [0.15, 0.2) is 24.3 Å². The van der Waals surface area contributed by atoms with Crippen LogP contribution in [0.25, 0.3) is 0 Å². The Kier molecular flexibility index (Phi) is 5.07. The maximum Gasteiger partial charge on any atom is 0.361 e. The summed E-state index contributed by atoms with van der Waals surface area (Å²) in [6, 6.07) is 6.22. The number of halogens is 1. The number of hydrogen-bond donors (Lipinski definition) is 0. The van der Waals surface area contributed by atoms with E-state index in [2.05, 4.69) is 19.8 Å². The van der Waals surface area contributed by atoms with E-state index in [9.17, 15) is 14.4 Å². The van der Waals surface area contributed by atoms with Crippen LogP contribution in [0.3, 0.4) is 0 Å². The summed E-state index contributed by atoms with van der Waals surface area (Å²) in [6.45, 7) is -0.296. The Balaban J connectivity index is 2.34. The predicted octanol–water partition coefficient (Wildman–Crippen LogP) is 1.39. The fraction of sp³-hybridized carbons (Fsp3) is 0.214. The fourth-order valence-electron chi connectivity index (χ4n) is 1.82. The van der Waals surface area contributed by atoms with Crippen LogP contribution in [0, 0.1) is 0 Å². The molecule has 0 saturated carbocycles. The number of benzene rings is 1. The van der Waals surface area contributed by atoms with E-state index in [1.807, 2.05) is 0 Å². The smallest absolute Gasteiger partial charge is 0.361 e. The van der Waals surface area contributed by atoms with Crippen molar-refractivity contribution in [3.63, 3.8) is 0 Å². The summed E-state index contributed by atoms with van der Waals surface area (Å²) < 4.78 is 10.1. The zero-order valence-electron chi connectivity index (χ0n) is 12.3. The number of rotatable bonds is 5. The molecular weight excluding hydrogens is 326 g/mol. The molecule has 0 saturated heterocycles. The van der Waals surface area contributed by atoms with Crippen molar-refractivity contribution < 1.29 is 23.9 Å². The summed E-state index contributed by atoms with van der Waals surface area (Å²) in [7, 11) is 2.28. The highest BCUT2D eigenvalue weighted by atomic mass is 35.5. The van der Waals surface area contributed by atoms with Crippen LogP contribution in [-0.4, -0.2) is 46.9 Å². The van der Waals surface area contributed by atoms with Gasteiger partial charge in [-0.2, -0.15) is 0 Å². The lowest BCUT2D eigenvalue weighted by Gasteiger charge is -2.05. The average molecular weight is 338 g/mol. The van der Waals surface area contributed by atoms with Crippen molar-refractivity contribution in [2.45, 2.75) is 6.54 Å². The number of aromatic nitrogens is 3. The molecule has 0 fully saturated rings. The third-order valence-electron chi connectivity index (χ3n) is 2.95. The monoisotopic (exact) mass is 337 g/mol. The normalized spacial score (nSPS) is 10.2. The summed E-state index contributed by atoms with van der Waals surface area (Å²) in [5, 5.41) is 7.73. The van der Waals surface area contributed by atoms with E-state index in [0.29, 0.717) is 10.6 Å². The molecule has 2 rings (SSSR count). The first-order chi connectivity index (χ1) is 11.0. The molecule has 1 heterocycles. The molecule has 0 aliphatic rings. The van der Waals surface area contributed by atoms with Gasteiger partial charge in [-0.05, 0) is 24.3 Å². The van der Waals surface area contributed by atoms with Crippen molar-refractivity contribution >= 4 is 29.3 Å². The van der Waals surface area contributed by atoms with Gasteiger partial charge in [0.05, 0.1) is 14.2 Å². The summed E-state index contributed by atoms with van der Waals surface area (Å²) in [6.07, 6.45) is 0. The average Bonchev–Trinajstić information content (AvgIpc) is 2.97. The Morgan fingerprint density at radius 2 is 1.70 bits per heavy atom. The van der Waals surface area contributed by atoms with Crippen molar-refractivity contribution in [2.75, 3.05) is 14.2 Å². The minimum atomic E-state index is -0.851. The topological polar surface area (TPSA) is 100 Å². The van der Waals surface area contributed by atoms with E-state index < -0.39 is 11.9 Å². The number of ether oxygens (including phenoxy) is 2. The van der Waals surface area contributed by atoms with Gasteiger partial charge in [0.2, 0.25) is 5.69 Å². The molecule has 120 valence electrons. The number of carbonyl (C=O) groups is 3. The van der Waals surface area contributed by atoms with Crippen LogP contribution < -0.4 is 0 Å². The summed E-state index contributed by atoms with van der Waals surface area (Å²) in [4.78, 5) is 35.7. The van der Waals surface area contributed by atoms with Gasteiger partial charge in [0.15, 0.2) is 11.5 Å². The zero-order chi connectivity index (χ0) is 17.0. The highest BCUT2D eigenvalue weighted by molar-refractivity contribution is 6.30. The lowest BCUT2D eigenvalue weighted by molar-refractivity contribution is 0.0543. The molecule has 0 N–H and O–H groups in total. The van der Waals surface area contributed by atoms with E-state index >= 15 is 0 Å². The van der Waals surface area contributed by atoms with Crippen LogP contribution in [0.4, 0.5) is 0 Å². The van der Waals surface area contributed by atoms with Gasteiger partial charge < -0.3 is 9.47 Å². The standard InChI is InChI=1S/C14H12ClN3O5/c1-22-13(20)11-12(14(21)23-2)18(17-16-11)7-10(19)8-3-5-9(15)6-4-8/h3-6H,7H2,1-2H3. The number of esters is 2. The number of carbonyl (C=O) groups excluding carboxylic acids is 3. The first-order valence-corrected chi connectivity index (χ1v) is 6.74. The molecule has 8 nitrogen and oxygen atoms in total. The molecule has 1 aromatic heterocycles. The molecule has 0 bridgehead atoms. The van der Waals surface area contributed by atoms with Crippen LogP contribution in [0.2, 0.25) is 5.02 Å². The second-order valence-electron chi connectivity index (χ2n) is 4.36. The van der Waals surface area contributed by atoms with E-state index in [0.717, 1.165) is 18.9 Å². The second kappa shape index (κ2) is 7.01. The third-order valence-corrected chi connectivity index (χ3v) is 3.20. The van der Waals surface area contributed by atoms with Crippen LogP contribution >= 0.6 is 11.6 Å². The number of nitrogens with zero attached hydrogens (tertiary/aromatic N) is 3. The molecule has 2 aromatic rings. The molecule has 0 spiro atoms. The molecule has 0 radical (unpaired) electrons. The predicted molar refractivity (Wildman–Crippen MR) is 78.5 cm³/mol. The second-order valence-corrected chi connectivity index (χ2v) is 4.79. The van der Waals surface area contributed by atoms with Gasteiger partial charge >= 0.3 is 11.9 Å². The zero-order valence-corrected chi connectivity index (χ0v) is 13.0. The highest BCUT2D eigenvalue weighted by Crippen LogP contribution is 2.13. The molecule has 23 heavy (non-hydrogen) atoms. The maximum atomic E-state index is 12.2. The van der Waals surface area contributed by atoms with Gasteiger partial charge in [-0.15, -0.1) is 5.10 Å². The lowest BCUT2D eigenvalue weighted by atomic mass is 10.1. The largest absolute Gasteiger partial charge is 0.464 e. The number of hydrogen-bond acceptors (Lipinski definition) is 7. The molecular formula is C14H12ClN3O5. The Bertz CT molecular complexity index is 754. The van der Waals surface area contributed by atoms with Gasteiger partial charge in [0, 0.05) is 10.6 Å². The lowest BCUT2D eigenvalue weighted by Crippen LogP contribution is -2.20. The van der Waals surface area contributed by atoms with Crippen molar-refractivity contribution in [1.29, 1.82) is 0 Å².